The highest BCUT2D eigenvalue weighted by molar-refractivity contribution is 6.22. The average Bonchev–Trinajstić information content (AvgIpc) is 3.04. The van der Waals surface area contributed by atoms with E-state index in [2.05, 4.69) is 54.6 Å². The number of ether oxygens (including phenoxy) is 1. The van der Waals surface area contributed by atoms with E-state index >= 15 is 0 Å². The van der Waals surface area contributed by atoms with Gasteiger partial charge in [0.15, 0.2) is 0 Å². The smallest absolute Gasteiger partial charge is 0.132 e. The van der Waals surface area contributed by atoms with Gasteiger partial charge in [0.1, 0.15) is 11.5 Å². The molecule has 2 aliphatic carbocycles. The molecule has 0 N–H and O–H groups in total. The first kappa shape index (κ1) is 16.7. The second kappa shape index (κ2) is 5.86. The molecule has 0 saturated carbocycles. The Labute approximate surface area is 174 Å². The minimum Gasteiger partial charge on any atom is -0.457 e. The van der Waals surface area contributed by atoms with Crippen LogP contribution >= 0.6 is 11.6 Å². The summed E-state index contributed by atoms with van der Waals surface area (Å²) in [6.07, 6.45) is 5.00. The van der Waals surface area contributed by atoms with E-state index in [1.807, 2.05) is 30.3 Å². The maximum Gasteiger partial charge on any atom is 0.132 e. The maximum atomic E-state index is 9.60. The molecule has 0 aromatic heterocycles. The van der Waals surface area contributed by atoms with Crippen LogP contribution in [-0.4, -0.2) is 5.38 Å². The molecule has 3 heteroatoms. The summed E-state index contributed by atoms with van der Waals surface area (Å²) >= 11 is 6.64. The zero-order chi connectivity index (χ0) is 19.6. The third-order valence-corrected chi connectivity index (χ3v) is 6.59. The van der Waals surface area contributed by atoms with Crippen LogP contribution in [0.4, 0.5) is 0 Å². The number of halogens is 1. The Bertz CT molecular complexity index is 1300. The molecule has 6 rings (SSSR count). The van der Waals surface area contributed by atoms with Crippen LogP contribution in [0.1, 0.15) is 34.2 Å². The molecule has 0 amide bonds. The molecule has 29 heavy (non-hydrogen) atoms. The van der Waals surface area contributed by atoms with Crippen molar-refractivity contribution in [3.63, 3.8) is 0 Å². The lowest BCUT2D eigenvalue weighted by molar-refractivity contribution is 0.432. The molecule has 2 unspecified atom stereocenters. The minimum absolute atomic E-state index is 0.0578. The van der Waals surface area contributed by atoms with Gasteiger partial charge in [-0.3, -0.25) is 0 Å². The largest absolute Gasteiger partial charge is 0.457 e. The minimum atomic E-state index is -0.499. The van der Waals surface area contributed by atoms with Crippen molar-refractivity contribution < 1.29 is 4.74 Å². The van der Waals surface area contributed by atoms with Crippen molar-refractivity contribution in [3.05, 3.63) is 112 Å². The van der Waals surface area contributed by atoms with Crippen molar-refractivity contribution in [2.45, 2.75) is 17.2 Å². The van der Waals surface area contributed by atoms with Gasteiger partial charge in [0.05, 0.1) is 22.4 Å². The Morgan fingerprint density at radius 2 is 1.69 bits per heavy atom. The standard InChI is InChI=1S/C26H16ClNO/c27-17-10-11-19-18-5-1-2-6-20(18)26(22(19)14-17)21-7-3-4-8-24(21)29-25-12-9-16(15-28)13-23(25)26/h1-13,17H,14H2. The van der Waals surface area contributed by atoms with Crippen LogP contribution in [0.3, 0.4) is 0 Å². The van der Waals surface area contributed by atoms with E-state index in [1.165, 1.54) is 22.3 Å². The predicted molar refractivity (Wildman–Crippen MR) is 114 cm³/mol. The van der Waals surface area contributed by atoms with Crippen molar-refractivity contribution >= 4 is 17.2 Å². The summed E-state index contributed by atoms with van der Waals surface area (Å²) in [4.78, 5) is 0. The molecule has 138 valence electrons. The topological polar surface area (TPSA) is 33.0 Å². The average molecular weight is 394 g/mol. The third-order valence-electron chi connectivity index (χ3n) is 6.29. The van der Waals surface area contributed by atoms with Crippen molar-refractivity contribution in [2.24, 2.45) is 0 Å². The summed E-state index contributed by atoms with van der Waals surface area (Å²) in [7, 11) is 0. The van der Waals surface area contributed by atoms with Crippen molar-refractivity contribution in [3.8, 4) is 17.6 Å². The first-order chi connectivity index (χ1) is 14.2. The van der Waals surface area contributed by atoms with Crippen LogP contribution < -0.4 is 4.74 Å². The Kier molecular flexibility index (Phi) is 3.37. The molecule has 1 heterocycles. The summed E-state index contributed by atoms with van der Waals surface area (Å²) in [5, 5.41) is 9.54. The highest BCUT2D eigenvalue weighted by atomic mass is 35.5. The van der Waals surface area contributed by atoms with E-state index in [-0.39, 0.29) is 5.38 Å². The Balaban J connectivity index is 1.81. The second-order valence-electron chi connectivity index (χ2n) is 7.69. The fourth-order valence-corrected chi connectivity index (χ4v) is 5.44. The number of hydrogen-bond donors (Lipinski definition) is 0. The van der Waals surface area contributed by atoms with Gasteiger partial charge in [-0.25, -0.2) is 0 Å². The number of nitriles is 1. The Morgan fingerprint density at radius 3 is 2.55 bits per heavy atom. The molecular weight excluding hydrogens is 378 g/mol. The fourth-order valence-electron chi connectivity index (χ4n) is 5.22. The van der Waals surface area contributed by atoms with Crippen LogP contribution in [0.15, 0.2) is 84.5 Å². The lowest BCUT2D eigenvalue weighted by Gasteiger charge is -2.41. The quantitative estimate of drug-likeness (QED) is 0.418. The molecule has 0 radical (unpaired) electrons. The zero-order valence-electron chi connectivity index (χ0n) is 15.5. The van der Waals surface area contributed by atoms with Gasteiger partial charge in [0, 0.05) is 11.1 Å². The van der Waals surface area contributed by atoms with Gasteiger partial charge in [-0.15, -0.1) is 11.6 Å². The van der Waals surface area contributed by atoms with E-state index in [0.717, 1.165) is 29.0 Å². The van der Waals surface area contributed by atoms with Gasteiger partial charge in [-0.05, 0) is 53.0 Å². The number of nitrogens with zero attached hydrogens (tertiary/aromatic N) is 1. The predicted octanol–water partition coefficient (Wildman–Crippen LogP) is 6.33. The monoisotopic (exact) mass is 393 g/mol. The molecule has 2 nitrogen and oxygen atoms in total. The van der Waals surface area contributed by atoms with Crippen molar-refractivity contribution in [2.75, 3.05) is 0 Å². The maximum absolute atomic E-state index is 9.60. The van der Waals surface area contributed by atoms with E-state index in [1.54, 1.807) is 0 Å². The lowest BCUT2D eigenvalue weighted by Crippen LogP contribution is -2.34. The summed E-state index contributed by atoms with van der Waals surface area (Å²) in [6, 6.07) is 24.8. The van der Waals surface area contributed by atoms with Gasteiger partial charge in [0.25, 0.3) is 0 Å². The van der Waals surface area contributed by atoms with Gasteiger partial charge < -0.3 is 4.74 Å². The molecular formula is C26H16ClNO. The second-order valence-corrected chi connectivity index (χ2v) is 8.25. The van der Waals surface area contributed by atoms with Crippen LogP contribution in [0.2, 0.25) is 0 Å². The van der Waals surface area contributed by atoms with Crippen LogP contribution in [-0.2, 0) is 5.41 Å². The van der Waals surface area contributed by atoms with Gasteiger partial charge in [-0.2, -0.15) is 5.26 Å². The molecule has 1 aliphatic heterocycles. The lowest BCUT2D eigenvalue weighted by atomic mass is 9.64. The summed E-state index contributed by atoms with van der Waals surface area (Å²) < 4.78 is 6.30. The SMILES string of the molecule is N#Cc1ccc2c(c1)C1(C3=C(C=CC(Cl)C3)c3ccccc31)c1ccccc1O2. The molecule has 0 saturated heterocycles. The number of benzene rings is 3. The number of allylic oxidation sites excluding steroid dienone is 4. The molecule has 2 atom stereocenters. The van der Waals surface area contributed by atoms with Gasteiger partial charge in [0.2, 0.25) is 0 Å². The zero-order valence-corrected chi connectivity index (χ0v) is 16.3. The number of alkyl halides is 1. The number of fused-ring (bicyclic) bond motifs is 8. The molecule has 0 fully saturated rings. The highest BCUT2D eigenvalue weighted by Crippen LogP contribution is 2.62. The van der Waals surface area contributed by atoms with Crippen LogP contribution in [0, 0.1) is 11.3 Å². The Morgan fingerprint density at radius 1 is 0.931 bits per heavy atom. The molecule has 3 aromatic carbocycles. The van der Waals surface area contributed by atoms with Crippen LogP contribution in [0.25, 0.3) is 5.57 Å². The molecule has 0 bridgehead atoms. The fraction of sp³-hybridized carbons (Fsp3) is 0.115. The number of para-hydroxylation sites is 1. The summed E-state index contributed by atoms with van der Waals surface area (Å²) in [5.74, 6) is 1.65. The normalized spacial score (nSPS) is 23.0. The third kappa shape index (κ3) is 2.06. The molecule has 1 spiro atoms. The van der Waals surface area contributed by atoms with Gasteiger partial charge >= 0.3 is 0 Å². The van der Waals surface area contributed by atoms with Gasteiger partial charge in [-0.1, -0.05) is 54.6 Å². The summed E-state index contributed by atoms with van der Waals surface area (Å²) in [5.41, 5.74) is 7.24. The first-order valence-electron chi connectivity index (χ1n) is 9.71. The number of hydrogen-bond acceptors (Lipinski definition) is 2. The molecule has 3 aliphatic rings. The van der Waals surface area contributed by atoms with E-state index in [4.69, 9.17) is 16.3 Å². The van der Waals surface area contributed by atoms with Crippen LogP contribution in [0.5, 0.6) is 11.5 Å². The van der Waals surface area contributed by atoms with E-state index < -0.39 is 5.41 Å². The van der Waals surface area contributed by atoms with Crippen molar-refractivity contribution in [1.29, 1.82) is 5.26 Å². The molecule has 3 aromatic rings. The highest BCUT2D eigenvalue weighted by Gasteiger charge is 2.52. The summed E-state index contributed by atoms with van der Waals surface area (Å²) in [6.45, 7) is 0. The Hall–Kier alpha value is -3.28. The van der Waals surface area contributed by atoms with E-state index in [0.29, 0.717) is 5.56 Å². The van der Waals surface area contributed by atoms with Crippen molar-refractivity contribution in [1.82, 2.24) is 0 Å². The first-order valence-corrected chi connectivity index (χ1v) is 10.1. The number of rotatable bonds is 0. The van der Waals surface area contributed by atoms with E-state index in [9.17, 15) is 5.26 Å².